The molecule has 0 aliphatic rings. The van der Waals surface area contributed by atoms with E-state index in [1.165, 1.54) is 27.4 Å². The number of aryl methyl sites for hydroxylation is 1. The van der Waals surface area contributed by atoms with Gasteiger partial charge in [-0.2, -0.15) is 5.26 Å². The molecule has 2 aromatic carbocycles. The number of nitrogens with zero attached hydrogens (tertiary/aromatic N) is 1. The highest BCUT2D eigenvalue weighted by Gasteiger charge is 2.18. The molecular weight excluding hydrogens is 346 g/mol. The van der Waals surface area contributed by atoms with Gasteiger partial charge in [0.25, 0.3) is 0 Å². The summed E-state index contributed by atoms with van der Waals surface area (Å²) in [6.45, 7) is 3.70. The molecule has 6 nitrogen and oxygen atoms in total. The van der Waals surface area contributed by atoms with Crippen molar-refractivity contribution >= 4 is 11.0 Å². The second-order valence-electron chi connectivity index (χ2n) is 6.07. The fraction of sp³-hybridized carbons (Fsp3) is 0.238. The van der Waals surface area contributed by atoms with Crippen molar-refractivity contribution in [3.05, 3.63) is 51.2 Å². The van der Waals surface area contributed by atoms with E-state index in [2.05, 4.69) is 6.07 Å². The highest BCUT2D eigenvalue weighted by Crippen LogP contribution is 2.41. The normalized spacial score (nSPS) is 10.5. The Kier molecular flexibility index (Phi) is 4.78. The lowest BCUT2D eigenvalue weighted by Gasteiger charge is -2.14. The van der Waals surface area contributed by atoms with Crippen LogP contribution < -0.4 is 19.6 Å². The van der Waals surface area contributed by atoms with E-state index >= 15 is 0 Å². The molecule has 27 heavy (non-hydrogen) atoms. The minimum absolute atomic E-state index is 0.223. The van der Waals surface area contributed by atoms with E-state index in [-0.39, 0.29) is 11.0 Å². The Labute approximate surface area is 156 Å². The lowest BCUT2D eigenvalue weighted by molar-refractivity contribution is 0.324. The number of benzene rings is 2. The van der Waals surface area contributed by atoms with E-state index < -0.39 is 0 Å². The molecule has 0 saturated heterocycles. The van der Waals surface area contributed by atoms with Gasteiger partial charge < -0.3 is 18.6 Å². The maximum absolute atomic E-state index is 12.7. The highest BCUT2D eigenvalue weighted by atomic mass is 16.5. The number of hydrogen-bond donors (Lipinski definition) is 0. The fourth-order valence-corrected chi connectivity index (χ4v) is 3.02. The molecule has 0 fully saturated rings. The van der Waals surface area contributed by atoms with Crippen molar-refractivity contribution in [3.63, 3.8) is 0 Å². The van der Waals surface area contributed by atoms with E-state index in [4.69, 9.17) is 18.6 Å². The zero-order chi connectivity index (χ0) is 19.7. The standard InChI is InChI=1S/C21H19NO5/c1-11-6-14-16(23)9-17(27-20(14)15(10-22)12(11)2)13-7-18(24-3)21(26-5)19(8-13)25-4/h6-9H,1-5H3. The van der Waals surface area contributed by atoms with Crippen molar-refractivity contribution in [1.82, 2.24) is 0 Å². The molecule has 138 valence electrons. The lowest BCUT2D eigenvalue weighted by Crippen LogP contribution is -2.04. The van der Waals surface area contributed by atoms with E-state index in [1.807, 2.05) is 13.8 Å². The molecule has 0 bridgehead atoms. The largest absolute Gasteiger partial charge is 0.493 e. The first kappa shape index (κ1) is 18.3. The van der Waals surface area contributed by atoms with Crippen LogP contribution in [0.1, 0.15) is 16.7 Å². The number of methoxy groups -OCH3 is 3. The maximum Gasteiger partial charge on any atom is 0.203 e. The van der Waals surface area contributed by atoms with Gasteiger partial charge in [-0.3, -0.25) is 4.79 Å². The smallest absolute Gasteiger partial charge is 0.203 e. The molecule has 0 unspecified atom stereocenters. The summed E-state index contributed by atoms with van der Waals surface area (Å²) in [7, 11) is 4.54. The summed E-state index contributed by atoms with van der Waals surface area (Å²) in [4.78, 5) is 12.7. The van der Waals surface area contributed by atoms with Crippen LogP contribution in [0.3, 0.4) is 0 Å². The van der Waals surface area contributed by atoms with Gasteiger partial charge in [0.2, 0.25) is 5.75 Å². The third-order valence-electron chi connectivity index (χ3n) is 4.60. The van der Waals surface area contributed by atoms with Crippen molar-refractivity contribution < 1.29 is 18.6 Å². The molecule has 3 rings (SSSR count). The molecule has 0 amide bonds. The number of nitriles is 1. The van der Waals surface area contributed by atoms with E-state index in [9.17, 15) is 10.1 Å². The van der Waals surface area contributed by atoms with Crippen molar-refractivity contribution in [3.8, 4) is 34.6 Å². The molecule has 0 N–H and O–H groups in total. The average Bonchev–Trinajstić information content (AvgIpc) is 2.68. The zero-order valence-electron chi connectivity index (χ0n) is 15.8. The maximum atomic E-state index is 12.7. The molecule has 0 spiro atoms. The lowest BCUT2D eigenvalue weighted by atomic mass is 10.00. The average molecular weight is 365 g/mol. The van der Waals surface area contributed by atoms with Gasteiger partial charge in [-0.05, 0) is 43.2 Å². The van der Waals surface area contributed by atoms with E-state index in [0.717, 1.165) is 11.1 Å². The van der Waals surface area contributed by atoms with Crippen LogP contribution in [0.25, 0.3) is 22.3 Å². The molecule has 0 aliphatic heterocycles. The van der Waals surface area contributed by atoms with Crippen LogP contribution in [0.4, 0.5) is 0 Å². The Morgan fingerprint density at radius 2 is 1.59 bits per heavy atom. The Morgan fingerprint density at radius 3 is 2.11 bits per heavy atom. The summed E-state index contributed by atoms with van der Waals surface area (Å²) in [5, 5.41) is 9.94. The van der Waals surface area contributed by atoms with Crippen molar-refractivity contribution in [2.75, 3.05) is 21.3 Å². The number of rotatable bonds is 4. The second kappa shape index (κ2) is 7.04. The molecule has 3 aromatic rings. The Morgan fingerprint density at radius 1 is 0.963 bits per heavy atom. The predicted molar refractivity (Wildman–Crippen MR) is 102 cm³/mol. The molecule has 1 aromatic heterocycles. The van der Waals surface area contributed by atoms with Crippen LogP contribution in [-0.2, 0) is 0 Å². The van der Waals surface area contributed by atoms with Crippen LogP contribution in [0, 0.1) is 25.2 Å². The first-order chi connectivity index (χ1) is 12.9. The Hall–Kier alpha value is -3.46. The van der Waals surface area contributed by atoms with Gasteiger partial charge in [-0.1, -0.05) is 0 Å². The van der Waals surface area contributed by atoms with Gasteiger partial charge in [0, 0.05) is 11.6 Å². The molecule has 0 atom stereocenters. The monoisotopic (exact) mass is 365 g/mol. The summed E-state index contributed by atoms with van der Waals surface area (Å²) < 4.78 is 22.0. The minimum Gasteiger partial charge on any atom is -0.493 e. The third-order valence-corrected chi connectivity index (χ3v) is 4.60. The first-order valence-electron chi connectivity index (χ1n) is 8.23. The van der Waals surface area contributed by atoms with E-state index in [1.54, 1.807) is 18.2 Å². The van der Waals surface area contributed by atoms with Crippen LogP contribution in [-0.4, -0.2) is 21.3 Å². The van der Waals surface area contributed by atoms with Gasteiger partial charge in [0.05, 0.1) is 32.3 Å². The second-order valence-corrected chi connectivity index (χ2v) is 6.07. The first-order valence-corrected chi connectivity index (χ1v) is 8.23. The third kappa shape index (κ3) is 2.97. The molecule has 0 radical (unpaired) electrons. The van der Waals surface area contributed by atoms with E-state index in [0.29, 0.717) is 39.5 Å². The zero-order valence-corrected chi connectivity index (χ0v) is 15.8. The Balaban J connectivity index is 2.35. The molecule has 0 saturated carbocycles. The minimum atomic E-state index is -0.223. The number of fused-ring (bicyclic) bond motifs is 1. The highest BCUT2D eigenvalue weighted by molar-refractivity contribution is 5.86. The molecule has 0 aliphatic carbocycles. The van der Waals surface area contributed by atoms with Gasteiger partial charge in [-0.15, -0.1) is 0 Å². The topological polar surface area (TPSA) is 81.7 Å². The summed E-state index contributed by atoms with van der Waals surface area (Å²) in [5.41, 5.74) is 2.64. The Bertz CT molecular complexity index is 1110. The van der Waals surface area contributed by atoms with Crippen LogP contribution in [0.5, 0.6) is 17.2 Å². The summed E-state index contributed by atoms with van der Waals surface area (Å²) in [5.74, 6) is 1.63. The summed E-state index contributed by atoms with van der Waals surface area (Å²) >= 11 is 0. The molecule has 1 heterocycles. The summed E-state index contributed by atoms with van der Waals surface area (Å²) in [6, 6.07) is 8.68. The van der Waals surface area contributed by atoms with Gasteiger partial charge in [0.1, 0.15) is 11.8 Å². The van der Waals surface area contributed by atoms with Gasteiger partial charge in [0.15, 0.2) is 22.5 Å². The van der Waals surface area contributed by atoms with Crippen LogP contribution >= 0.6 is 0 Å². The van der Waals surface area contributed by atoms with Crippen LogP contribution in [0.15, 0.2) is 33.5 Å². The van der Waals surface area contributed by atoms with Gasteiger partial charge >= 0.3 is 0 Å². The fourth-order valence-electron chi connectivity index (χ4n) is 3.02. The molecule has 6 heteroatoms. The molecular formula is C21H19NO5. The van der Waals surface area contributed by atoms with Crippen LogP contribution in [0.2, 0.25) is 0 Å². The van der Waals surface area contributed by atoms with Gasteiger partial charge in [-0.25, -0.2) is 0 Å². The summed E-state index contributed by atoms with van der Waals surface area (Å²) in [6.07, 6.45) is 0. The van der Waals surface area contributed by atoms with Crippen molar-refractivity contribution in [1.29, 1.82) is 5.26 Å². The quantitative estimate of drug-likeness (QED) is 0.696. The van der Waals surface area contributed by atoms with Crippen molar-refractivity contribution in [2.45, 2.75) is 13.8 Å². The number of hydrogen-bond acceptors (Lipinski definition) is 6. The van der Waals surface area contributed by atoms with Crippen molar-refractivity contribution in [2.24, 2.45) is 0 Å². The predicted octanol–water partition coefficient (Wildman–Crippen LogP) is 3.97. The SMILES string of the molecule is COc1cc(-c2cc(=O)c3cc(C)c(C)c(C#N)c3o2)cc(OC)c1OC. The number of ether oxygens (including phenoxy) is 3.